The van der Waals surface area contributed by atoms with E-state index in [9.17, 15) is 15.0 Å². The second kappa shape index (κ2) is 4.45. The molecule has 0 saturated heterocycles. The summed E-state index contributed by atoms with van der Waals surface area (Å²) in [5.41, 5.74) is 0.881. The third-order valence-corrected chi connectivity index (χ3v) is 3.24. The first-order valence-electron chi connectivity index (χ1n) is 6.26. The number of para-hydroxylation sites is 1. The third-order valence-electron chi connectivity index (χ3n) is 3.24. The fourth-order valence-corrected chi connectivity index (χ4v) is 2.41. The molecule has 0 bridgehead atoms. The van der Waals surface area contributed by atoms with E-state index in [0.29, 0.717) is 10.9 Å². The largest absolute Gasteiger partial charge is 0.504 e. The molecule has 5 nitrogen and oxygen atoms in total. The topological polar surface area (TPSA) is 71.7 Å². The Morgan fingerprint density at radius 3 is 2.65 bits per heavy atom. The summed E-state index contributed by atoms with van der Waals surface area (Å²) in [7, 11) is 0. The molecule has 20 heavy (non-hydrogen) atoms. The first-order valence-corrected chi connectivity index (χ1v) is 6.26. The van der Waals surface area contributed by atoms with Gasteiger partial charge in [0.05, 0.1) is 12.1 Å². The third kappa shape index (κ3) is 1.60. The minimum Gasteiger partial charge on any atom is -0.504 e. The fraction of sp³-hybridized carbons (Fsp3) is 0.133. The summed E-state index contributed by atoms with van der Waals surface area (Å²) in [6.45, 7) is 1.94. The van der Waals surface area contributed by atoms with Crippen molar-refractivity contribution in [2.24, 2.45) is 0 Å². The maximum Gasteiger partial charge on any atom is 0.419 e. The predicted molar refractivity (Wildman–Crippen MR) is 75.2 cm³/mol. The Morgan fingerprint density at radius 2 is 1.90 bits per heavy atom. The number of rotatable bonds is 1. The van der Waals surface area contributed by atoms with Gasteiger partial charge in [0.15, 0.2) is 11.5 Å². The molecule has 0 unspecified atom stereocenters. The van der Waals surface area contributed by atoms with E-state index in [0.717, 1.165) is 5.39 Å². The Hall–Kier alpha value is -2.69. The Kier molecular flexibility index (Phi) is 2.75. The molecular formula is C15H13NO4. The Bertz CT molecular complexity index is 819. The van der Waals surface area contributed by atoms with Crippen LogP contribution in [0.15, 0.2) is 36.4 Å². The quantitative estimate of drug-likeness (QED) is 0.667. The lowest BCUT2D eigenvalue weighted by Gasteiger charge is -2.07. The number of phenolic OH excluding ortho intramolecular Hbond substituents is 2. The zero-order valence-corrected chi connectivity index (χ0v) is 10.8. The number of benzene rings is 2. The van der Waals surface area contributed by atoms with Crippen molar-refractivity contribution < 1.29 is 19.7 Å². The summed E-state index contributed by atoms with van der Waals surface area (Å²) in [6, 6.07) is 10.3. The minimum absolute atomic E-state index is 0.229. The van der Waals surface area contributed by atoms with Crippen molar-refractivity contribution in [1.82, 2.24) is 4.57 Å². The van der Waals surface area contributed by atoms with Crippen molar-refractivity contribution in [3.05, 3.63) is 36.4 Å². The first-order chi connectivity index (χ1) is 9.65. The Balaban J connectivity index is 2.50. The van der Waals surface area contributed by atoms with Crippen LogP contribution in [-0.2, 0) is 4.74 Å². The first kappa shape index (κ1) is 12.3. The molecule has 3 rings (SSSR count). The van der Waals surface area contributed by atoms with Crippen LogP contribution in [0, 0.1) is 0 Å². The molecule has 0 spiro atoms. The van der Waals surface area contributed by atoms with Crippen LogP contribution in [0.3, 0.4) is 0 Å². The van der Waals surface area contributed by atoms with Crippen molar-refractivity contribution in [2.45, 2.75) is 6.92 Å². The second-order valence-electron chi connectivity index (χ2n) is 4.38. The molecule has 0 saturated carbocycles. The monoisotopic (exact) mass is 271 g/mol. The van der Waals surface area contributed by atoms with Gasteiger partial charge in [0.25, 0.3) is 0 Å². The van der Waals surface area contributed by atoms with E-state index in [-0.39, 0.29) is 23.6 Å². The van der Waals surface area contributed by atoms with Crippen LogP contribution in [-0.4, -0.2) is 27.5 Å². The van der Waals surface area contributed by atoms with Crippen LogP contribution in [0.4, 0.5) is 4.79 Å². The number of aromatic nitrogens is 1. The number of ether oxygens (including phenoxy) is 1. The van der Waals surface area contributed by atoms with Gasteiger partial charge in [0.1, 0.15) is 5.52 Å². The maximum absolute atomic E-state index is 12.1. The van der Waals surface area contributed by atoms with Crippen LogP contribution in [0.25, 0.3) is 21.8 Å². The van der Waals surface area contributed by atoms with Gasteiger partial charge in [0, 0.05) is 10.8 Å². The van der Waals surface area contributed by atoms with Gasteiger partial charge in [-0.2, -0.15) is 0 Å². The highest BCUT2D eigenvalue weighted by Crippen LogP contribution is 2.39. The lowest BCUT2D eigenvalue weighted by molar-refractivity contribution is 0.156. The summed E-state index contributed by atoms with van der Waals surface area (Å²) < 4.78 is 6.31. The summed E-state index contributed by atoms with van der Waals surface area (Å²) in [5.74, 6) is -0.599. The molecule has 3 aromatic rings. The maximum atomic E-state index is 12.1. The molecule has 0 radical (unpaired) electrons. The van der Waals surface area contributed by atoms with Gasteiger partial charge in [-0.25, -0.2) is 9.36 Å². The van der Waals surface area contributed by atoms with Crippen LogP contribution in [0.2, 0.25) is 0 Å². The zero-order valence-electron chi connectivity index (χ0n) is 10.8. The van der Waals surface area contributed by atoms with Gasteiger partial charge in [0.2, 0.25) is 0 Å². The van der Waals surface area contributed by atoms with Gasteiger partial charge in [-0.3, -0.25) is 0 Å². The zero-order chi connectivity index (χ0) is 14.3. The van der Waals surface area contributed by atoms with E-state index < -0.39 is 6.09 Å². The second-order valence-corrected chi connectivity index (χ2v) is 4.38. The van der Waals surface area contributed by atoms with E-state index in [1.165, 1.54) is 10.6 Å². The summed E-state index contributed by atoms with van der Waals surface area (Å²) in [5, 5.41) is 21.2. The number of phenols is 2. The number of carbonyl (C=O) groups excluding carboxylic acids is 1. The average molecular weight is 271 g/mol. The van der Waals surface area contributed by atoms with Gasteiger partial charge >= 0.3 is 6.09 Å². The van der Waals surface area contributed by atoms with Crippen LogP contribution in [0.1, 0.15) is 6.92 Å². The van der Waals surface area contributed by atoms with Crippen molar-refractivity contribution in [3.63, 3.8) is 0 Å². The summed E-state index contributed by atoms with van der Waals surface area (Å²) >= 11 is 0. The molecule has 1 aromatic heterocycles. The van der Waals surface area contributed by atoms with Crippen LogP contribution in [0.5, 0.6) is 11.5 Å². The molecular weight excluding hydrogens is 258 g/mol. The molecule has 0 atom stereocenters. The molecule has 0 aliphatic heterocycles. The van der Waals surface area contributed by atoms with Gasteiger partial charge in [-0.15, -0.1) is 0 Å². The van der Waals surface area contributed by atoms with E-state index >= 15 is 0 Å². The van der Waals surface area contributed by atoms with Gasteiger partial charge < -0.3 is 14.9 Å². The lowest BCUT2D eigenvalue weighted by Crippen LogP contribution is -2.13. The number of fused-ring (bicyclic) bond motifs is 3. The van der Waals surface area contributed by atoms with Crippen LogP contribution < -0.4 is 0 Å². The molecule has 2 aromatic carbocycles. The smallest absolute Gasteiger partial charge is 0.419 e. The van der Waals surface area contributed by atoms with Gasteiger partial charge in [-0.05, 0) is 25.1 Å². The number of hydrogen-bond acceptors (Lipinski definition) is 4. The standard InChI is InChI=1S/C15H13NO4/c1-2-20-15(19)16-11-6-4-3-5-9(11)10-7-8-12(17)14(18)13(10)16/h3-8,17-18H,2H2,1H3. The summed E-state index contributed by atoms with van der Waals surface area (Å²) in [6.07, 6.45) is -0.584. The van der Waals surface area contributed by atoms with Gasteiger partial charge in [-0.1, -0.05) is 18.2 Å². The average Bonchev–Trinajstić information content (AvgIpc) is 2.78. The molecule has 0 aliphatic rings. The summed E-state index contributed by atoms with van der Waals surface area (Å²) in [4.78, 5) is 12.1. The highest BCUT2D eigenvalue weighted by molar-refractivity contribution is 6.14. The molecule has 1 heterocycles. The number of aromatic hydroxyl groups is 2. The van der Waals surface area contributed by atoms with E-state index in [4.69, 9.17) is 4.74 Å². The molecule has 102 valence electrons. The van der Waals surface area contributed by atoms with Crippen molar-refractivity contribution in [1.29, 1.82) is 0 Å². The molecule has 0 fully saturated rings. The highest BCUT2D eigenvalue weighted by atomic mass is 16.5. The number of nitrogens with zero attached hydrogens (tertiary/aromatic N) is 1. The highest BCUT2D eigenvalue weighted by Gasteiger charge is 2.20. The number of hydrogen-bond donors (Lipinski definition) is 2. The normalized spacial score (nSPS) is 11.1. The Morgan fingerprint density at radius 1 is 1.15 bits per heavy atom. The van der Waals surface area contributed by atoms with Crippen molar-refractivity contribution in [3.8, 4) is 11.5 Å². The fourth-order valence-electron chi connectivity index (χ4n) is 2.41. The van der Waals surface area contributed by atoms with Crippen LogP contribution >= 0.6 is 0 Å². The number of carbonyl (C=O) groups is 1. The van der Waals surface area contributed by atoms with E-state index in [1.807, 2.05) is 12.1 Å². The molecule has 0 amide bonds. The predicted octanol–water partition coefficient (Wildman–Crippen LogP) is 3.21. The Labute approximate surface area is 114 Å². The molecule has 5 heteroatoms. The van der Waals surface area contributed by atoms with E-state index in [1.54, 1.807) is 25.1 Å². The molecule has 2 N–H and O–H groups in total. The van der Waals surface area contributed by atoms with E-state index in [2.05, 4.69) is 0 Å². The van der Waals surface area contributed by atoms with Crippen molar-refractivity contribution >= 4 is 27.9 Å². The SMILES string of the molecule is CCOC(=O)n1c2ccccc2c2ccc(O)c(O)c21. The molecule has 0 aliphatic carbocycles. The minimum atomic E-state index is -0.584. The lowest BCUT2D eigenvalue weighted by atomic mass is 10.1. The van der Waals surface area contributed by atoms with Crippen molar-refractivity contribution in [2.75, 3.05) is 6.61 Å².